The Kier molecular flexibility index (Phi) is 3.63. The molecule has 0 fully saturated rings. The topological polar surface area (TPSA) is 57.2 Å². The molecule has 10 heteroatoms. The fraction of sp³-hybridized carbons (Fsp3) is 0.333. The van der Waals surface area contributed by atoms with E-state index in [4.69, 9.17) is 0 Å². The van der Waals surface area contributed by atoms with E-state index in [2.05, 4.69) is 0 Å². The van der Waals surface area contributed by atoms with Gasteiger partial charge < -0.3 is 4.55 Å². The normalized spacial score (nSPS) is 14.5. The van der Waals surface area contributed by atoms with Crippen molar-refractivity contribution < 1.29 is 39.3 Å². The van der Waals surface area contributed by atoms with E-state index < -0.39 is 32.8 Å². The molecule has 0 aromatic heterocycles. The summed E-state index contributed by atoms with van der Waals surface area (Å²) in [6.45, 7) is 0. The Morgan fingerprint density at radius 2 is 1.21 bits per heavy atom. The van der Waals surface area contributed by atoms with Crippen LogP contribution in [0, 0.1) is 0 Å². The molecule has 0 radical (unpaired) electrons. The van der Waals surface area contributed by atoms with Crippen LogP contribution in [0.25, 0.3) is 0 Å². The summed E-state index contributed by atoms with van der Waals surface area (Å²) in [5.74, 6) is 0. The molecule has 0 bridgehead atoms. The maximum absolute atomic E-state index is 12.8. The summed E-state index contributed by atoms with van der Waals surface area (Å²) in [5, 5.41) is 0. The largest absolute Gasteiger partial charge is 0.747 e. The summed E-state index contributed by atoms with van der Waals surface area (Å²) < 4.78 is 103. The van der Waals surface area contributed by atoms with Crippen molar-refractivity contribution >= 4 is 10.1 Å². The van der Waals surface area contributed by atoms with Gasteiger partial charge in [0.1, 0.15) is 10.1 Å². The molecule has 0 amide bonds. The maximum atomic E-state index is 12.8. The van der Waals surface area contributed by atoms with Crippen LogP contribution in [-0.2, 0) is 14.9 Å². The zero-order valence-corrected chi connectivity index (χ0v) is 9.60. The first kappa shape index (κ1) is 15.8. The number of benzene rings is 1. The lowest BCUT2D eigenvalue weighted by Gasteiger charge is -2.39. The minimum absolute atomic E-state index is 0.288. The van der Waals surface area contributed by atoms with Gasteiger partial charge in [-0.15, -0.1) is 0 Å². The summed E-state index contributed by atoms with van der Waals surface area (Å²) in [4.78, 5) is 0. The first-order valence-corrected chi connectivity index (χ1v) is 5.91. The number of halogens is 6. The molecule has 0 aliphatic carbocycles. The molecule has 0 heterocycles. The van der Waals surface area contributed by atoms with E-state index in [1.165, 1.54) is 0 Å². The van der Waals surface area contributed by atoms with Gasteiger partial charge in [-0.1, -0.05) is 30.3 Å². The summed E-state index contributed by atoms with van der Waals surface area (Å²) in [6.07, 6.45) is -12.7. The Morgan fingerprint density at radius 1 is 0.842 bits per heavy atom. The van der Waals surface area contributed by atoms with E-state index >= 15 is 0 Å². The highest BCUT2D eigenvalue weighted by atomic mass is 32.2. The van der Waals surface area contributed by atoms with Crippen molar-refractivity contribution in [1.29, 1.82) is 0 Å². The highest BCUT2D eigenvalue weighted by Gasteiger charge is 2.76. The van der Waals surface area contributed by atoms with Crippen LogP contribution < -0.4 is 0 Å². The van der Waals surface area contributed by atoms with Gasteiger partial charge >= 0.3 is 12.4 Å². The third-order valence-corrected chi connectivity index (χ3v) is 3.80. The number of rotatable bonds is 2. The van der Waals surface area contributed by atoms with Crippen LogP contribution in [0.15, 0.2) is 30.3 Å². The predicted octanol–water partition coefficient (Wildman–Crippen LogP) is 2.55. The van der Waals surface area contributed by atoms with Crippen molar-refractivity contribution in [1.82, 2.24) is 0 Å². The number of hydrogen-bond acceptors (Lipinski definition) is 3. The SMILES string of the molecule is O=S(=O)([O-])C(c1ccccc1)(C(F)(F)F)C(F)(F)F. The molecule has 0 saturated heterocycles. The molecule has 1 aromatic carbocycles. The van der Waals surface area contributed by atoms with Crippen molar-refractivity contribution in [3.8, 4) is 0 Å². The van der Waals surface area contributed by atoms with E-state index in [0.717, 1.165) is 18.2 Å². The second kappa shape index (κ2) is 4.37. The molecule has 0 spiro atoms. The average Bonchev–Trinajstić information content (AvgIpc) is 2.12. The van der Waals surface area contributed by atoms with Gasteiger partial charge in [-0.05, 0) is 5.56 Å². The Balaban J connectivity index is 3.87. The van der Waals surface area contributed by atoms with Gasteiger partial charge in [-0.2, -0.15) is 26.3 Å². The van der Waals surface area contributed by atoms with Crippen LogP contribution in [0.5, 0.6) is 0 Å². The van der Waals surface area contributed by atoms with Crippen LogP contribution >= 0.6 is 0 Å². The van der Waals surface area contributed by atoms with E-state index in [1.807, 2.05) is 0 Å². The van der Waals surface area contributed by atoms with Crippen molar-refractivity contribution in [2.24, 2.45) is 0 Å². The summed E-state index contributed by atoms with van der Waals surface area (Å²) >= 11 is 0. The Hall–Kier alpha value is -1.29. The molecule has 1 rings (SSSR count). The molecule has 3 nitrogen and oxygen atoms in total. The minimum atomic E-state index is -6.79. The standard InChI is InChI=1S/C9H6F6O3S/c10-8(11,12)7(9(13,14)15,19(16,17)18)6-4-2-1-3-5-6/h1-5H,(H,16,17,18)/p-1. The summed E-state index contributed by atoms with van der Waals surface area (Å²) in [6, 6.07) is 3.20. The van der Waals surface area contributed by atoms with Gasteiger partial charge in [0.15, 0.2) is 0 Å². The van der Waals surface area contributed by atoms with Crippen LogP contribution in [-0.4, -0.2) is 25.3 Å². The Bertz CT molecular complexity index is 532. The summed E-state index contributed by atoms with van der Waals surface area (Å²) in [5.41, 5.74) is -1.69. The highest BCUT2D eigenvalue weighted by molar-refractivity contribution is 7.86. The molecular formula is C9H5F6O3S-. The molecule has 0 N–H and O–H groups in total. The zero-order valence-electron chi connectivity index (χ0n) is 8.79. The maximum Gasteiger partial charge on any atom is 0.420 e. The van der Waals surface area contributed by atoms with Crippen molar-refractivity contribution in [3.05, 3.63) is 35.9 Å². The molecule has 0 atom stereocenters. The van der Waals surface area contributed by atoms with Gasteiger partial charge in [0, 0.05) is 0 Å². The lowest BCUT2D eigenvalue weighted by Crippen LogP contribution is -2.59. The average molecular weight is 307 g/mol. The molecule has 108 valence electrons. The lowest BCUT2D eigenvalue weighted by atomic mass is 9.97. The minimum Gasteiger partial charge on any atom is -0.747 e. The van der Waals surface area contributed by atoms with Gasteiger partial charge in [-0.25, -0.2) is 8.42 Å². The molecule has 0 aliphatic heterocycles. The van der Waals surface area contributed by atoms with Crippen molar-refractivity contribution in [3.63, 3.8) is 0 Å². The zero-order chi connectivity index (χ0) is 15.1. The van der Waals surface area contributed by atoms with Gasteiger partial charge in [0.25, 0.3) is 4.75 Å². The van der Waals surface area contributed by atoms with Crippen molar-refractivity contribution in [2.75, 3.05) is 0 Å². The second-order valence-corrected chi connectivity index (χ2v) is 5.02. The van der Waals surface area contributed by atoms with Gasteiger partial charge in [-0.3, -0.25) is 0 Å². The first-order valence-electron chi connectivity index (χ1n) is 4.50. The molecule has 0 saturated carbocycles. The summed E-state index contributed by atoms with van der Waals surface area (Å²) in [7, 11) is -6.79. The van der Waals surface area contributed by atoms with Gasteiger partial charge in [0.2, 0.25) is 0 Å². The molecular weight excluding hydrogens is 302 g/mol. The quantitative estimate of drug-likeness (QED) is 0.623. The first-order chi connectivity index (χ1) is 8.36. The van der Waals surface area contributed by atoms with E-state index in [1.54, 1.807) is 0 Å². The second-order valence-electron chi connectivity index (χ2n) is 3.50. The van der Waals surface area contributed by atoms with E-state index in [9.17, 15) is 39.3 Å². The van der Waals surface area contributed by atoms with Crippen LogP contribution in [0.4, 0.5) is 26.3 Å². The molecule has 0 unspecified atom stereocenters. The van der Waals surface area contributed by atoms with E-state index in [-0.39, 0.29) is 12.1 Å². The highest BCUT2D eigenvalue weighted by Crippen LogP contribution is 2.54. The Labute approximate surface area is 103 Å². The third kappa shape index (κ3) is 2.29. The predicted molar refractivity (Wildman–Crippen MR) is 49.9 cm³/mol. The van der Waals surface area contributed by atoms with Crippen LogP contribution in [0.1, 0.15) is 5.56 Å². The third-order valence-electron chi connectivity index (χ3n) is 2.35. The number of alkyl halides is 6. The van der Waals surface area contributed by atoms with Crippen molar-refractivity contribution in [2.45, 2.75) is 17.1 Å². The molecule has 19 heavy (non-hydrogen) atoms. The monoisotopic (exact) mass is 307 g/mol. The van der Waals surface area contributed by atoms with Crippen LogP contribution in [0.3, 0.4) is 0 Å². The van der Waals surface area contributed by atoms with E-state index in [0.29, 0.717) is 0 Å². The van der Waals surface area contributed by atoms with Crippen LogP contribution in [0.2, 0.25) is 0 Å². The molecule has 0 aliphatic rings. The Morgan fingerprint density at radius 3 is 1.47 bits per heavy atom. The number of hydrogen-bond donors (Lipinski definition) is 0. The smallest absolute Gasteiger partial charge is 0.420 e. The molecule has 1 aromatic rings. The lowest BCUT2D eigenvalue weighted by molar-refractivity contribution is -0.273. The fourth-order valence-electron chi connectivity index (χ4n) is 1.59. The fourth-order valence-corrected chi connectivity index (χ4v) is 2.58. The van der Waals surface area contributed by atoms with Gasteiger partial charge in [0.05, 0.1) is 0 Å².